The van der Waals surface area contributed by atoms with Gasteiger partial charge in [0.15, 0.2) is 0 Å². The maximum Gasteiger partial charge on any atom is 0.329 e. The van der Waals surface area contributed by atoms with Gasteiger partial charge < -0.3 is 9.94 Å². The molecule has 0 aliphatic heterocycles. The number of benzene rings is 2. The van der Waals surface area contributed by atoms with Gasteiger partial charge in [0.2, 0.25) is 0 Å². The van der Waals surface area contributed by atoms with E-state index in [4.69, 9.17) is 0 Å². The van der Waals surface area contributed by atoms with E-state index in [-0.39, 0.29) is 33.7 Å². The number of hydrogen-bond donors (Lipinski definition) is 0. The predicted octanol–water partition coefficient (Wildman–Crippen LogP) is 3.63. The molecule has 0 bridgehead atoms. The highest BCUT2D eigenvalue weighted by Crippen LogP contribution is 2.21. The normalized spacial score (nSPS) is 11.2. The fraction of sp³-hybridized carbons (Fsp3) is 0.150. The molecule has 2 aromatic carbocycles. The van der Waals surface area contributed by atoms with Crippen molar-refractivity contribution in [2.75, 3.05) is 0 Å². The first-order valence-corrected chi connectivity index (χ1v) is 8.45. The minimum absolute atomic E-state index is 0.0389. The molecule has 142 valence electrons. The molecule has 1 aromatic heterocycles. The van der Waals surface area contributed by atoms with Crippen molar-refractivity contribution < 1.29 is 14.1 Å². The predicted molar refractivity (Wildman–Crippen MR) is 105 cm³/mol. The SMILES string of the molecule is Cc1cc2c(cc1C)[n+](=O)c(C(=O)/C=C/c1ccccc1[N+](=O)[O-])c(C)n2[O-]. The van der Waals surface area contributed by atoms with Gasteiger partial charge in [-0.05, 0) is 56.2 Å². The van der Waals surface area contributed by atoms with Crippen LogP contribution in [0.25, 0.3) is 17.1 Å². The van der Waals surface area contributed by atoms with Gasteiger partial charge in [0.05, 0.1) is 20.6 Å². The van der Waals surface area contributed by atoms with Crippen LogP contribution in [0.5, 0.6) is 0 Å². The van der Waals surface area contributed by atoms with Crippen LogP contribution >= 0.6 is 0 Å². The van der Waals surface area contributed by atoms with Gasteiger partial charge in [-0.25, -0.2) is 0 Å². The third-order valence-electron chi connectivity index (χ3n) is 4.66. The number of hydrogen-bond acceptors (Lipinski definition) is 5. The first kappa shape index (κ1) is 19.0. The van der Waals surface area contributed by atoms with E-state index in [1.807, 2.05) is 6.92 Å². The molecule has 8 heteroatoms. The van der Waals surface area contributed by atoms with Gasteiger partial charge in [-0.1, -0.05) is 12.1 Å². The minimum atomic E-state index is -0.713. The van der Waals surface area contributed by atoms with Crippen molar-refractivity contribution in [3.05, 3.63) is 90.8 Å². The molecule has 8 nitrogen and oxygen atoms in total. The van der Waals surface area contributed by atoms with Gasteiger partial charge in [-0.3, -0.25) is 14.9 Å². The van der Waals surface area contributed by atoms with Crippen LogP contribution in [0.2, 0.25) is 0 Å². The molecule has 0 radical (unpaired) electrons. The molecule has 0 spiro atoms. The van der Waals surface area contributed by atoms with Crippen LogP contribution < -0.4 is 4.43 Å². The molecule has 28 heavy (non-hydrogen) atoms. The Bertz CT molecular complexity index is 1220. The molecule has 0 N–H and O–H groups in total. The van der Waals surface area contributed by atoms with E-state index < -0.39 is 10.7 Å². The average molecular weight is 379 g/mol. The highest BCUT2D eigenvalue weighted by atomic mass is 16.6. The fourth-order valence-corrected chi connectivity index (χ4v) is 2.97. The molecular formula is C20H17N3O5. The van der Waals surface area contributed by atoms with E-state index in [1.54, 1.807) is 25.1 Å². The van der Waals surface area contributed by atoms with E-state index in [9.17, 15) is 25.0 Å². The lowest BCUT2D eigenvalue weighted by atomic mass is 10.1. The van der Waals surface area contributed by atoms with Gasteiger partial charge in [-0.15, -0.1) is 0 Å². The third-order valence-corrected chi connectivity index (χ3v) is 4.66. The molecule has 0 amide bonds. The first-order chi connectivity index (χ1) is 13.2. The van der Waals surface area contributed by atoms with Gasteiger partial charge >= 0.3 is 5.69 Å². The van der Waals surface area contributed by atoms with Gasteiger partial charge in [0.25, 0.3) is 17.0 Å². The van der Waals surface area contributed by atoms with E-state index in [2.05, 4.69) is 0 Å². The molecule has 3 rings (SSSR count). The Morgan fingerprint density at radius 1 is 1.14 bits per heavy atom. The number of nitro benzene ring substituents is 1. The molecular weight excluding hydrogens is 362 g/mol. The lowest BCUT2D eigenvalue weighted by Crippen LogP contribution is -2.30. The van der Waals surface area contributed by atoms with Crippen molar-refractivity contribution in [2.24, 2.45) is 0 Å². The van der Waals surface area contributed by atoms with Crippen molar-refractivity contribution in [2.45, 2.75) is 20.8 Å². The second kappa shape index (κ2) is 7.07. The molecule has 1 heterocycles. The van der Waals surface area contributed by atoms with E-state index in [0.717, 1.165) is 17.2 Å². The number of aromatic nitrogens is 2. The Kier molecular flexibility index (Phi) is 4.79. The zero-order chi connectivity index (χ0) is 20.6. The van der Waals surface area contributed by atoms with Crippen LogP contribution in [-0.4, -0.2) is 15.4 Å². The van der Waals surface area contributed by atoms with E-state index in [0.29, 0.717) is 9.16 Å². The van der Waals surface area contributed by atoms with Crippen molar-refractivity contribution in [1.82, 2.24) is 4.73 Å². The van der Waals surface area contributed by atoms with E-state index >= 15 is 0 Å². The van der Waals surface area contributed by atoms with Gasteiger partial charge in [0.1, 0.15) is 5.52 Å². The number of aryl methyl sites for hydroxylation is 2. The third kappa shape index (κ3) is 3.16. The second-order valence-electron chi connectivity index (χ2n) is 6.46. The summed E-state index contributed by atoms with van der Waals surface area (Å²) in [6.45, 7) is 5.02. The van der Waals surface area contributed by atoms with Crippen LogP contribution in [0, 0.1) is 41.0 Å². The fourth-order valence-electron chi connectivity index (χ4n) is 2.97. The van der Waals surface area contributed by atoms with Crippen LogP contribution in [0.1, 0.15) is 32.9 Å². The second-order valence-corrected chi connectivity index (χ2v) is 6.46. The lowest BCUT2D eigenvalue weighted by molar-refractivity contribution is -0.468. The Labute approximate surface area is 159 Å². The zero-order valence-electron chi connectivity index (χ0n) is 15.5. The largest absolute Gasteiger partial charge is 0.805 e. The average Bonchev–Trinajstić information content (AvgIpc) is 2.66. The van der Waals surface area contributed by atoms with Crippen molar-refractivity contribution in [3.8, 4) is 0 Å². The summed E-state index contributed by atoms with van der Waals surface area (Å²) < 4.78 is 1.000. The number of carbonyl (C=O) groups excluding carboxylic acids is 1. The topological polar surface area (TPSA) is 111 Å². The van der Waals surface area contributed by atoms with Crippen molar-refractivity contribution in [1.29, 1.82) is 0 Å². The smallest absolute Gasteiger partial charge is 0.329 e. The summed E-state index contributed by atoms with van der Waals surface area (Å²) in [5.41, 5.74) is 1.63. The molecule has 0 aliphatic carbocycles. The molecule has 3 aromatic rings. The van der Waals surface area contributed by atoms with Crippen LogP contribution in [-0.2, 0) is 0 Å². The summed E-state index contributed by atoms with van der Waals surface area (Å²) in [5, 5.41) is 23.7. The lowest BCUT2D eigenvalue weighted by Gasteiger charge is -2.16. The van der Waals surface area contributed by atoms with Crippen LogP contribution in [0.3, 0.4) is 0 Å². The Morgan fingerprint density at radius 3 is 2.46 bits per heavy atom. The molecule has 0 saturated carbocycles. The monoisotopic (exact) mass is 379 g/mol. The summed E-state index contributed by atoms with van der Waals surface area (Å²) in [4.78, 5) is 36.0. The zero-order valence-corrected chi connectivity index (χ0v) is 15.5. The minimum Gasteiger partial charge on any atom is -0.805 e. The molecule has 0 fully saturated rings. The highest BCUT2D eigenvalue weighted by Gasteiger charge is 2.26. The van der Waals surface area contributed by atoms with Crippen LogP contribution in [0.4, 0.5) is 5.69 Å². The van der Waals surface area contributed by atoms with Gasteiger partial charge in [-0.2, -0.15) is 0 Å². The number of rotatable bonds is 4. The maximum absolute atomic E-state index is 12.8. The number of nitrogens with zero attached hydrogens (tertiary/aromatic N) is 3. The highest BCUT2D eigenvalue weighted by molar-refractivity contribution is 6.05. The number of nitro groups is 1. The maximum atomic E-state index is 12.8. The standard InChI is InChI=1S/C20H17N3O5/c1-12-10-17-18(11-13(12)2)22(26)20(14(3)21(17)25)19(24)9-8-15-6-4-5-7-16(15)23(27)28/h4-11H,1-3H3/b9-8+. The summed E-state index contributed by atoms with van der Waals surface area (Å²) in [7, 11) is 0. The number of allylic oxidation sites excluding steroid dienone is 1. The van der Waals surface area contributed by atoms with E-state index in [1.165, 1.54) is 31.2 Å². The van der Waals surface area contributed by atoms with Crippen molar-refractivity contribution >= 4 is 28.6 Å². The van der Waals surface area contributed by atoms with Gasteiger partial charge in [0, 0.05) is 17.0 Å². The summed E-state index contributed by atoms with van der Waals surface area (Å²) >= 11 is 0. The summed E-state index contributed by atoms with van der Waals surface area (Å²) in [5.74, 6) is -0.713. The molecule has 0 unspecified atom stereocenters. The molecule has 0 saturated heterocycles. The number of para-hydroxylation sites is 1. The first-order valence-electron chi connectivity index (χ1n) is 8.45. The number of fused-ring (bicyclic) bond motifs is 1. The molecule has 0 aliphatic rings. The summed E-state index contributed by atoms with van der Waals surface area (Å²) in [6.07, 6.45) is 2.32. The molecule has 0 atom stereocenters. The quantitative estimate of drug-likeness (QED) is 0.226. The Balaban J connectivity index is 2.14. The number of ketones is 1. The number of carbonyl (C=O) groups is 1. The van der Waals surface area contributed by atoms with Crippen LogP contribution in [0.15, 0.2) is 42.5 Å². The summed E-state index contributed by atoms with van der Waals surface area (Å²) in [6, 6.07) is 9.09. The Morgan fingerprint density at radius 2 is 1.79 bits per heavy atom. The Hall–Kier alpha value is -3.81. The van der Waals surface area contributed by atoms with Crippen molar-refractivity contribution in [3.63, 3.8) is 0 Å².